The van der Waals surface area contributed by atoms with Crippen molar-refractivity contribution in [2.45, 2.75) is 39.3 Å². The number of carbonyl (C=O) groups excluding carboxylic acids is 2. The van der Waals surface area contributed by atoms with Gasteiger partial charge < -0.3 is 14.2 Å². The van der Waals surface area contributed by atoms with E-state index in [0.717, 1.165) is 30.5 Å². The molecule has 0 radical (unpaired) electrons. The first kappa shape index (κ1) is 19.8. The molecule has 1 aliphatic heterocycles. The molecule has 4 rings (SSSR count). The van der Waals surface area contributed by atoms with Gasteiger partial charge in [0.25, 0.3) is 5.89 Å². The number of likely N-dealkylation sites (tertiary alicyclic amines) is 1. The van der Waals surface area contributed by atoms with E-state index in [1.165, 1.54) is 5.56 Å². The Hall–Kier alpha value is -3.48. The van der Waals surface area contributed by atoms with Crippen LogP contribution in [0.5, 0.6) is 0 Å². The second-order valence-electron chi connectivity index (χ2n) is 7.25. The maximum absolute atomic E-state index is 12.3. The van der Waals surface area contributed by atoms with Crippen LogP contribution in [0.25, 0.3) is 11.4 Å². The molecule has 0 N–H and O–H groups in total. The molecule has 2 aromatic carbocycles. The molecule has 1 fully saturated rings. The van der Waals surface area contributed by atoms with Crippen LogP contribution in [0.2, 0.25) is 0 Å². The lowest BCUT2D eigenvalue weighted by molar-refractivity contribution is -0.128. The van der Waals surface area contributed by atoms with Crippen LogP contribution in [0.15, 0.2) is 53.1 Å². The van der Waals surface area contributed by atoms with Crippen LogP contribution in [0.3, 0.4) is 0 Å². The molecule has 0 unspecified atom stereocenters. The molecule has 1 aromatic heterocycles. The van der Waals surface area contributed by atoms with Crippen molar-refractivity contribution in [2.24, 2.45) is 0 Å². The van der Waals surface area contributed by atoms with E-state index in [2.05, 4.69) is 17.1 Å². The van der Waals surface area contributed by atoms with Crippen LogP contribution in [0.1, 0.15) is 47.1 Å². The summed E-state index contributed by atoms with van der Waals surface area (Å²) in [5.74, 6) is 0.413. The molecule has 1 amide bonds. The topological polar surface area (TPSA) is 85.5 Å². The Kier molecular flexibility index (Phi) is 5.88. The number of ether oxygens (including phenoxy) is 1. The Morgan fingerprint density at radius 1 is 1.10 bits per heavy atom. The Labute approximate surface area is 174 Å². The maximum Gasteiger partial charge on any atom is 0.338 e. The minimum atomic E-state index is -0.467. The quantitative estimate of drug-likeness (QED) is 0.556. The third-order valence-corrected chi connectivity index (χ3v) is 5.15. The Morgan fingerprint density at radius 2 is 1.83 bits per heavy atom. The van der Waals surface area contributed by atoms with Gasteiger partial charge in [-0.05, 0) is 36.1 Å². The number of hydrogen-bond donors (Lipinski definition) is 0. The lowest BCUT2D eigenvalue weighted by atomic mass is 10.1. The van der Waals surface area contributed by atoms with E-state index in [-0.39, 0.29) is 18.4 Å². The monoisotopic (exact) mass is 405 g/mol. The molecule has 7 nitrogen and oxygen atoms in total. The molecule has 30 heavy (non-hydrogen) atoms. The Morgan fingerprint density at radius 3 is 2.50 bits per heavy atom. The first-order valence-corrected chi connectivity index (χ1v) is 10.1. The van der Waals surface area contributed by atoms with Gasteiger partial charge in [0.15, 0.2) is 6.61 Å². The lowest BCUT2D eigenvalue weighted by Crippen LogP contribution is -2.23. The number of aryl methyl sites for hydroxylation is 1. The zero-order chi connectivity index (χ0) is 20.9. The second kappa shape index (κ2) is 8.90. The number of rotatable bonds is 7. The van der Waals surface area contributed by atoms with Crippen LogP contribution < -0.4 is 0 Å². The van der Waals surface area contributed by atoms with Crippen molar-refractivity contribution in [1.82, 2.24) is 15.0 Å². The third-order valence-electron chi connectivity index (χ3n) is 5.15. The fourth-order valence-electron chi connectivity index (χ4n) is 3.37. The van der Waals surface area contributed by atoms with Crippen molar-refractivity contribution in [3.8, 4) is 11.4 Å². The summed E-state index contributed by atoms with van der Waals surface area (Å²) >= 11 is 0. The van der Waals surface area contributed by atoms with E-state index < -0.39 is 5.97 Å². The standard InChI is InChI=1S/C23H23N3O4/c1-2-16-5-9-18(10-6-16)22-24-20(30-25-22)15-29-23(28)19-11-7-17(8-12-19)14-26-13-3-4-21(26)27/h5-12H,2-4,13-15H2,1H3. The molecule has 3 aromatic rings. The van der Waals surface area contributed by atoms with Crippen LogP contribution in [-0.4, -0.2) is 33.5 Å². The molecule has 0 bridgehead atoms. The second-order valence-corrected chi connectivity index (χ2v) is 7.25. The van der Waals surface area contributed by atoms with Gasteiger partial charge in [0.2, 0.25) is 11.7 Å². The maximum atomic E-state index is 12.3. The van der Waals surface area contributed by atoms with Crippen molar-refractivity contribution in [3.63, 3.8) is 0 Å². The molecule has 0 aliphatic carbocycles. The Balaban J connectivity index is 1.32. The average Bonchev–Trinajstić information content (AvgIpc) is 3.42. The Bertz CT molecular complexity index is 1030. The molecule has 0 spiro atoms. The molecular weight excluding hydrogens is 382 g/mol. The number of carbonyl (C=O) groups is 2. The highest BCUT2D eigenvalue weighted by molar-refractivity contribution is 5.89. The summed E-state index contributed by atoms with van der Waals surface area (Å²) < 4.78 is 10.5. The van der Waals surface area contributed by atoms with Gasteiger partial charge in [0.1, 0.15) is 0 Å². The van der Waals surface area contributed by atoms with Crippen molar-refractivity contribution < 1.29 is 18.8 Å². The molecule has 0 saturated carbocycles. The number of nitrogens with zero attached hydrogens (tertiary/aromatic N) is 3. The summed E-state index contributed by atoms with van der Waals surface area (Å²) in [4.78, 5) is 30.1. The highest BCUT2D eigenvalue weighted by atomic mass is 16.6. The first-order valence-electron chi connectivity index (χ1n) is 10.1. The van der Waals surface area contributed by atoms with E-state index >= 15 is 0 Å². The van der Waals surface area contributed by atoms with E-state index in [4.69, 9.17) is 9.26 Å². The van der Waals surface area contributed by atoms with Crippen molar-refractivity contribution in [2.75, 3.05) is 6.54 Å². The molecule has 7 heteroatoms. The summed E-state index contributed by atoms with van der Waals surface area (Å²) in [7, 11) is 0. The van der Waals surface area contributed by atoms with Gasteiger partial charge in [-0.2, -0.15) is 4.98 Å². The fourth-order valence-corrected chi connectivity index (χ4v) is 3.37. The van der Waals surface area contributed by atoms with Gasteiger partial charge in [-0.25, -0.2) is 4.79 Å². The fraction of sp³-hybridized carbons (Fsp3) is 0.304. The van der Waals surface area contributed by atoms with Crippen LogP contribution >= 0.6 is 0 Å². The zero-order valence-electron chi connectivity index (χ0n) is 16.8. The largest absolute Gasteiger partial charge is 0.452 e. The van der Waals surface area contributed by atoms with E-state index in [9.17, 15) is 9.59 Å². The zero-order valence-corrected chi connectivity index (χ0v) is 16.8. The summed E-state index contributed by atoms with van der Waals surface area (Å²) in [5.41, 5.74) is 3.49. The van der Waals surface area contributed by atoms with Crippen molar-refractivity contribution in [1.29, 1.82) is 0 Å². The molecule has 1 saturated heterocycles. The number of esters is 1. The molecular formula is C23H23N3O4. The number of amides is 1. The minimum absolute atomic E-state index is 0.0943. The van der Waals surface area contributed by atoms with Crippen LogP contribution in [0, 0.1) is 0 Å². The van der Waals surface area contributed by atoms with E-state index in [1.54, 1.807) is 12.1 Å². The minimum Gasteiger partial charge on any atom is -0.452 e. The SMILES string of the molecule is CCc1ccc(-c2noc(COC(=O)c3ccc(CN4CCCC4=O)cc3)n2)cc1. The molecule has 154 valence electrons. The van der Waals surface area contributed by atoms with E-state index in [1.807, 2.05) is 41.3 Å². The molecule has 1 aliphatic rings. The van der Waals surface area contributed by atoms with Gasteiger partial charge in [0.05, 0.1) is 5.56 Å². The third kappa shape index (κ3) is 4.56. The molecule has 0 atom stereocenters. The van der Waals surface area contributed by atoms with Gasteiger partial charge in [-0.3, -0.25) is 4.79 Å². The summed E-state index contributed by atoms with van der Waals surface area (Å²) in [6.07, 6.45) is 2.49. The normalized spacial score (nSPS) is 13.6. The van der Waals surface area contributed by atoms with Gasteiger partial charge >= 0.3 is 5.97 Å². The van der Waals surface area contributed by atoms with E-state index in [0.29, 0.717) is 24.4 Å². The first-order chi connectivity index (χ1) is 14.6. The highest BCUT2D eigenvalue weighted by Crippen LogP contribution is 2.18. The van der Waals surface area contributed by atoms with Gasteiger partial charge in [0, 0.05) is 25.1 Å². The summed E-state index contributed by atoms with van der Waals surface area (Å²) in [6, 6.07) is 15.0. The summed E-state index contributed by atoms with van der Waals surface area (Å²) in [5, 5.41) is 3.95. The average molecular weight is 405 g/mol. The molecule has 2 heterocycles. The summed E-state index contributed by atoms with van der Waals surface area (Å²) in [6.45, 7) is 3.36. The van der Waals surface area contributed by atoms with Crippen LogP contribution in [0.4, 0.5) is 0 Å². The lowest BCUT2D eigenvalue weighted by Gasteiger charge is -2.15. The van der Waals surface area contributed by atoms with Gasteiger partial charge in [-0.1, -0.05) is 48.5 Å². The smallest absolute Gasteiger partial charge is 0.338 e. The van der Waals surface area contributed by atoms with Gasteiger partial charge in [-0.15, -0.1) is 0 Å². The number of benzene rings is 2. The highest BCUT2D eigenvalue weighted by Gasteiger charge is 2.20. The predicted molar refractivity (Wildman–Crippen MR) is 109 cm³/mol. The number of aromatic nitrogens is 2. The van der Waals surface area contributed by atoms with Crippen LogP contribution in [-0.2, 0) is 29.1 Å². The van der Waals surface area contributed by atoms with Crippen molar-refractivity contribution >= 4 is 11.9 Å². The predicted octanol–water partition coefficient (Wildman–Crippen LogP) is 3.78. The number of hydrogen-bond acceptors (Lipinski definition) is 6. The van der Waals surface area contributed by atoms with Crippen molar-refractivity contribution in [3.05, 3.63) is 71.1 Å².